The minimum Gasteiger partial charge on any atom is -0.357 e. The molecule has 0 amide bonds. The molecule has 2 heterocycles. The minimum absolute atomic E-state index is 0.309. The Balaban J connectivity index is 2.05. The summed E-state index contributed by atoms with van der Waals surface area (Å²) in [7, 11) is 1.84. The average Bonchev–Trinajstić information content (AvgIpc) is 2.90. The normalized spacial score (nSPS) is 15.5. The fourth-order valence-electron chi connectivity index (χ4n) is 2.16. The highest BCUT2D eigenvalue weighted by atomic mass is 15.3. The molecule has 1 aliphatic heterocycles. The second kappa shape index (κ2) is 6.24. The molecule has 1 aliphatic rings. The minimum atomic E-state index is 0.309. The Kier molecular flexibility index (Phi) is 4.62. The largest absolute Gasteiger partial charge is 0.357 e. The predicted octanol–water partition coefficient (Wildman–Crippen LogP) is 2.36. The highest BCUT2D eigenvalue weighted by molar-refractivity contribution is 5.44. The molecule has 0 atom stereocenters. The molecule has 1 fully saturated rings. The molecule has 6 nitrogen and oxygen atoms in total. The lowest BCUT2D eigenvalue weighted by Gasteiger charge is -2.19. The molecule has 0 saturated carbocycles. The number of nitrogens with zero attached hydrogens (tertiary/aromatic N) is 4. The first-order valence-corrected chi connectivity index (χ1v) is 7.40. The Morgan fingerprint density at radius 3 is 2.30 bits per heavy atom. The Morgan fingerprint density at radius 2 is 1.70 bits per heavy atom. The summed E-state index contributed by atoms with van der Waals surface area (Å²) in [4.78, 5) is 15.6. The zero-order valence-electron chi connectivity index (χ0n) is 13.0. The molecule has 0 aromatic carbocycles. The molecule has 1 aromatic rings. The van der Waals surface area contributed by atoms with Gasteiger partial charge in [0.15, 0.2) is 0 Å². The molecular formula is C14H26N6. The van der Waals surface area contributed by atoms with Gasteiger partial charge in [-0.2, -0.15) is 15.0 Å². The van der Waals surface area contributed by atoms with Crippen LogP contribution in [0.5, 0.6) is 0 Å². The van der Waals surface area contributed by atoms with E-state index in [9.17, 15) is 0 Å². The summed E-state index contributed by atoms with van der Waals surface area (Å²) in [5.74, 6) is 2.07. The topological polar surface area (TPSA) is 66.0 Å². The smallest absolute Gasteiger partial charge is 0.231 e. The number of anilines is 3. The number of rotatable bonds is 5. The third-order valence-corrected chi connectivity index (χ3v) is 3.39. The molecule has 0 unspecified atom stereocenters. The fraction of sp³-hybridized carbons (Fsp3) is 0.786. The van der Waals surface area contributed by atoms with Crippen molar-refractivity contribution in [3.05, 3.63) is 0 Å². The van der Waals surface area contributed by atoms with Gasteiger partial charge in [0.2, 0.25) is 17.8 Å². The standard InChI is InChI=1S/C14H26N6/c1-14(2,3)7-8-16-12-17-11(15-4)18-13(19-12)20-9-5-6-10-20/h5-10H2,1-4H3,(H2,15,16,17,18,19). The van der Waals surface area contributed by atoms with Gasteiger partial charge in [0, 0.05) is 26.7 Å². The summed E-state index contributed by atoms with van der Waals surface area (Å²) in [6.07, 6.45) is 3.51. The van der Waals surface area contributed by atoms with Crippen molar-refractivity contribution in [2.75, 3.05) is 42.2 Å². The van der Waals surface area contributed by atoms with Crippen molar-refractivity contribution in [3.63, 3.8) is 0 Å². The lowest BCUT2D eigenvalue weighted by atomic mass is 9.92. The SMILES string of the molecule is CNc1nc(NCCC(C)(C)C)nc(N2CCCC2)n1. The summed E-state index contributed by atoms with van der Waals surface area (Å²) in [5, 5.41) is 6.32. The quantitative estimate of drug-likeness (QED) is 0.862. The fourth-order valence-corrected chi connectivity index (χ4v) is 2.16. The first-order chi connectivity index (χ1) is 9.48. The van der Waals surface area contributed by atoms with Crippen LogP contribution in [0.4, 0.5) is 17.8 Å². The van der Waals surface area contributed by atoms with Gasteiger partial charge in [-0.1, -0.05) is 20.8 Å². The van der Waals surface area contributed by atoms with Gasteiger partial charge in [-0.3, -0.25) is 0 Å². The lowest BCUT2D eigenvalue weighted by Crippen LogP contribution is -2.22. The Labute approximate surface area is 121 Å². The zero-order chi connectivity index (χ0) is 14.6. The van der Waals surface area contributed by atoms with Crippen molar-refractivity contribution in [2.24, 2.45) is 5.41 Å². The van der Waals surface area contributed by atoms with Crippen LogP contribution in [0.3, 0.4) is 0 Å². The van der Waals surface area contributed by atoms with Crippen LogP contribution < -0.4 is 15.5 Å². The molecule has 0 radical (unpaired) electrons. The third kappa shape index (κ3) is 4.21. The van der Waals surface area contributed by atoms with Crippen molar-refractivity contribution >= 4 is 17.8 Å². The molecule has 1 saturated heterocycles. The van der Waals surface area contributed by atoms with Crippen LogP contribution in [0.1, 0.15) is 40.0 Å². The second-order valence-electron chi connectivity index (χ2n) is 6.46. The van der Waals surface area contributed by atoms with E-state index in [0.29, 0.717) is 17.3 Å². The van der Waals surface area contributed by atoms with E-state index in [1.807, 2.05) is 7.05 Å². The van der Waals surface area contributed by atoms with Gasteiger partial charge in [-0.15, -0.1) is 0 Å². The maximum atomic E-state index is 4.54. The van der Waals surface area contributed by atoms with E-state index in [4.69, 9.17) is 0 Å². The molecule has 112 valence electrons. The molecule has 0 bridgehead atoms. The number of nitrogens with one attached hydrogen (secondary N) is 2. The van der Waals surface area contributed by atoms with Crippen LogP contribution in [-0.2, 0) is 0 Å². The van der Waals surface area contributed by atoms with Gasteiger partial charge >= 0.3 is 0 Å². The van der Waals surface area contributed by atoms with Crippen LogP contribution in [0, 0.1) is 5.41 Å². The van der Waals surface area contributed by atoms with E-state index in [1.54, 1.807) is 0 Å². The van der Waals surface area contributed by atoms with Crippen molar-refractivity contribution in [3.8, 4) is 0 Å². The summed E-state index contributed by atoms with van der Waals surface area (Å²) in [6, 6.07) is 0. The van der Waals surface area contributed by atoms with Gasteiger partial charge < -0.3 is 15.5 Å². The maximum Gasteiger partial charge on any atom is 0.231 e. The summed E-state index contributed by atoms with van der Waals surface area (Å²) in [5.41, 5.74) is 0.309. The molecule has 20 heavy (non-hydrogen) atoms. The first kappa shape index (κ1) is 14.8. The van der Waals surface area contributed by atoms with E-state index >= 15 is 0 Å². The summed E-state index contributed by atoms with van der Waals surface area (Å²) < 4.78 is 0. The van der Waals surface area contributed by atoms with Crippen molar-refractivity contribution in [2.45, 2.75) is 40.0 Å². The molecule has 0 spiro atoms. The van der Waals surface area contributed by atoms with Crippen LogP contribution in [0.2, 0.25) is 0 Å². The van der Waals surface area contributed by atoms with Crippen molar-refractivity contribution in [1.82, 2.24) is 15.0 Å². The zero-order valence-corrected chi connectivity index (χ0v) is 13.0. The molecule has 0 aliphatic carbocycles. The molecule has 2 rings (SSSR count). The van der Waals surface area contributed by atoms with E-state index < -0.39 is 0 Å². The highest BCUT2D eigenvalue weighted by Gasteiger charge is 2.17. The van der Waals surface area contributed by atoms with E-state index in [1.165, 1.54) is 12.8 Å². The molecular weight excluding hydrogens is 252 g/mol. The summed E-state index contributed by atoms with van der Waals surface area (Å²) >= 11 is 0. The van der Waals surface area contributed by atoms with Crippen LogP contribution >= 0.6 is 0 Å². The number of hydrogen-bond acceptors (Lipinski definition) is 6. The first-order valence-electron chi connectivity index (χ1n) is 7.40. The Hall–Kier alpha value is -1.59. The average molecular weight is 278 g/mol. The van der Waals surface area contributed by atoms with Crippen LogP contribution in [-0.4, -0.2) is 41.6 Å². The van der Waals surface area contributed by atoms with Gasteiger partial charge in [0.25, 0.3) is 0 Å². The van der Waals surface area contributed by atoms with E-state index in [0.717, 1.165) is 32.0 Å². The van der Waals surface area contributed by atoms with Crippen LogP contribution in [0.15, 0.2) is 0 Å². The van der Waals surface area contributed by atoms with Crippen molar-refractivity contribution < 1.29 is 0 Å². The van der Waals surface area contributed by atoms with Crippen molar-refractivity contribution in [1.29, 1.82) is 0 Å². The second-order valence-corrected chi connectivity index (χ2v) is 6.46. The molecule has 6 heteroatoms. The highest BCUT2D eigenvalue weighted by Crippen LogP contribution is 2.20. The van der Waals surface area contributed by atoms with Gasteiger partial charge in [0.1, 0.15) is 0 Å². The van der Waals surface area contributed by atoms with E-state index in [2.05, 4.69) is 51.3 Å². The monoisotopic (exact) mass is 278 g/mol. The van der Waals surface area contributed by atoms with Gasteiger partial charge in [-0.05, 0) is 24.7 Å². The molecule has 2 N–H and O–H groups in total. The molecule has 1 aromatic heterocycles. The third-order valence-electron chi connectivity index (χ3n) is 3.39. The predicted molar refractivity (Wildman–Crippen MR) is 83.4 cm³/mol. The van der Waals surface area contributed by atoms with Gasteiger partial charge in [0.05, 0.1) is 0 Å². The number of hydrogen-bond donors (Lipinski definition) is 2. The Morgan fingerprint density at radius 1 is 1.05 bits per heavy atom. The van der Waals surface area contributed by atoms with E-state index in [-0.39, 0.29) is 0 Å². The number of aromatic nitrogens is 3. The maximum absolute atomic E-state index is 4.54. The lowest BCUT2D eigenvalue weighted by molar-refractivity contribution is 0.389. The Bertz CT molecular complexity index is 434. The van der Waals surface area contributed by atoms with Crippen LogP contribution in [0.25, 0.3) is 0 Å². The van der Waals surface area contributed by atoms with Gasteiger partial charge in [-0.25, -0.2) is 0 Å². The summed E-state index contributed by atoms with van der Waals surface area (Å²) in [6.45, 7) is 9.64.